The zero-order valence-electron chi connectivity index (χ0n) is 10.9. The van der Waals surface area contributed by atoms with Crippen LogP contribution in [0.2, 0.25) is 0 Å². The minimum Gasteiger partial charge on any atom is -0.480 e. The highest BCUT2D eigenvalue weighted by atomic mass is 16.4. The van der Waals surface area contributed by atoms with Crippen LogP contribution >= 0.6 is 0 Å². The summed E-state index contributed by atoms with van der Waals surface area (Å²) in [6.45, 7) is 0.626. The van der Waals surface area contributed by atoms with Crippen molar-refractivity contribution in [1.82, 2.24) is 5.32 Å². The number of nitrogens with one attached hydrogen (secondary N) is 1. The Hall–Kier alpha value is -1.06. The molecule has 0 saturated heterocycles. The van der Waals surface area contributed by atoms with E-state index in [4.69, 9.17) is 5.11 Å². The largest absolute Gasteiger partial charge is 0.480 e. The van der Waals surface area contributed by atoms with Crippen LogP contribution in [-0.2, 0) is 9.59 Å². The molecule has 1 amide bonds. The molecule has 2 rings (SSSR count). The number of unbranched alkanes of at least 4 members (excludes halogenated alkanes) is 1. The summed E-state index contributed by atoms with van der Waals surface area (Å²) in [5.41, 5.74) is -1.08. The maximum atomic E-state index is 11.7. The van der Waals surface area contributed by atoms with E-state index in [1.807, 2.05) is 0 Å². The summed E-state index contributed by atoms with van der Waals surface area (Å²) < 4.78 is 0. The van der Waals surface area contributed by atoms with Gasteiger partial charge in [0.25, 0.3) is 0 Å². The van der Waals surface area contributed by atoms with Gasteiger partial charge in [-0.05, 0) is 25.2 Å². The first-order chi connectivity index (χ1) is 8.65. The van der Waals surface area contributed by atoms with Crippen LogP contribution in [0.25, 0.3) is 0 Å². The van der Waals surface area contributed by atoms with Gasteiger partial charge in [-0.15, -0.1) is 0 Å². The molecule has 0 heterocycles. The first-order valence-corrected chi connectivity index (χ1v) is 7.17. The number of aliphatic carboxylic acids is 1. The molecule has 0 bridgehead atoms. The van der Waals surface area contributed by atoms with Crippen molar-refractivity contribution in [2.45, 2.75) is 57.8 Å². The lowest BCUT2D eigenvalue weighted by Gasteiger charge is -2.11. The van der Waals surface area contributed by atoms with Gasteiger partial charge in [0.1, 0.15) is 5.41 Å². The lowest BCUT2D eigenvalue weighted by atomic mass is 10.0. The second kappa shape index (κ2) is 5.72. The van der Waals surface area contributed by atoms with Crippen molar-refractivity contribution >= 4 is 11.9 Å². The van der Waals surface area contributed by atoms with Gasteiger partial charge in [-0.1, -0.05) is 38.5 Å². The monoisotopic (exact) mass is 253 g/mol. The molecular weight excluding hydrogens is 230 g/mol. The van der Waals surface area contributed by atoms with Crippen LogP contribution in [0, 0.1) is 11.3 Å². The molecule has 18 heavy (non-hydrogen) atoms. The summed E-state index contributed by atoms with van der Waals surface area (Å²) in [4.78, 5) is 22.6. The number of carboxylic acid groups (broad SMARTS) is 1. The van der Waals surface area contributed by atoms with Crippen molar-refractivity contribution in [3.63, 3.8) is 0 Å². The Morgan fingerprint density at radius 1 is 1.17 bits per heavy atom. The molecule has 0 aliphatic heterocycles. The fourth-order valence-electron chi connectivity index (χ4n) is 2.89. The van der Waals surface area contributed by atoms with E-state index in [1.54, 1.807) is 0 Å². The molecule has 2 aliphatic rings. The topological polar surface area (TPSA) is 66.4 Å². The Balaban J connectivity index is 1.55. The Kier molecular flexibility index (Phi) is 4.25. The molecule has 2 saturated carbocycles. The van der Waals surface area contributed by atoms with E-state index in [1.165, 1.54) is 32.1 Å². The van der Waals surface area contributed by atoms with Crippen molar-refractivity contribution in [1.29, 1.82) is 0 Å². The van der Waals surface area contributed by atoms with Crippen LogP contribution in [0.1, 0.15) is 57.8 Å². The molecule has 4 heteroatoms. The number of carbonyl (C=O) groups is 2. The molecule has 102 valence electrons. The van der Waals surface area contributed by atoms with E-state index in [0.29, 0.717) is 19.4 Å². The SMILES string of the molecule is O=C(O)C1(C(=O)NCCCCC2CCCC2)CC1. The second-order valence-electron chi connectivity index (χ2n) is 5.79. The number of hydrogen-bond donors (Lipinski definition) is 2. The molecule has 2 fully saturated rings. The van der Waals surface area contributed by atoms with Crippen molar-refractivity contribution in [2.75, 3.05) is 6.54 Å². The third kappa shape index (κ3) is 3.03. The predicted octanol–water partition coefficient (Wildman–Crippen LogP) is 2.33. The fraction of sp³-hybridized carbons (Fsp3) is 0.857. The predicted molar refractivity (Wildman–Crippen MR) is 68.1 cm³/mol. The van der Waals surface area contributed by atoms with Crippen molar-refractivity contribution in [3.05, 3.63) is 0 Å². The van der Waals surface area contributed by atoms with E-state index in [9.17, 15) is 9.59 Å². The lowest BCUT2D eigenvalue weighted by Crippen LogP contribution is -2.37. The number of hydrogen-bond acceptors (Lipinski definition) is 2. The third-order valence-corrected chi connectivity index (χ3v) is 4.39. The third-order valence-electron chi connectivity index (χ3n) is 4.39. The van der Waals surface area contributed by atoms with Crippen LogP contribution in [0.4, 0.5) is 0 Å². The summed E-state index contributed by atoms with van der Waals surface area (Å²) in [6, 6.07) is 0. The molecule has 0 aromatic heterocycles. The minimum atomic E-state index is -1.08. The van der Waals surface area contributed by atoms with Gasteiger partial charge in [0, 0.05) is 6.54 Å². The van der Waals surface area contributed by atoms with Gasteiger partial charge >= 0.3 is 5.97 Å². The summed E-state index contributed by atoms with van der Waals surface area (Å²) in [6.07, 6.45) is 9.86. The number of carboxylic acids is 1. The number of rotatable bonds is 7. The smallest absolute Gasteiger partial charge is 0.319 e. The molecule has 0 aromatic carbocycles. The Morgan fingerprint density at radius 3 is 2.39 bits per heavy atom. The highest BCUT2D eigenvalue weighted by Gasteiger charge is 2.56. The zero-order valence-corrected chi connectivity index (χ0v) is 10.9. The van der Waals surface area contributed by atoms with Crippen molar-refractivity contribution in [2.24, 2.45) is 11.3 Å². The maximum absolute atomic E-state index is 11.7. The highest BCUT2D eigenvalue weighted by molar-refractivity contribution is 6.04. The molecule has 2 aliphatic carbocycles. The molecule has 4 nitrogen and oxygen atoms in total. The fourth-order valence-corrected chi connectivity index (χ4v) is 2.89. The van der Waals surface area contributed by atoms with E-state index >= 15 is 0 Å². The van der Waals surface area contributed by atoms with Gasteiger partial charge in [0.05, 0.1) is 0 Å². The first kappa shape index (κ1) is 13.4. The molecule has 0 aromatic rings. The van der Waals surface area contributed by atoms with Crippen molar-refractivity contribution < 1.29 is 14.7 Å². The standard InChI is InChI=1S/C14H23NO3/c16-12(14(8-9-14)13(17)18)15-10-4-3-7-11-5-1-2-6-11/h11H,1-10H2,(H,15,16)(H,17,18). The zero-order chi connectivity index (χ0) is 13.0. The quantitative estimate of drug-likeness (QED) is 0.540. The average Bonchev–Trinajstić information content (AvgIpc) is 3.01. The second-order valence-corrected chi connectivity index (χ2v) is 5.79. The van der Waals surface area contributed by atoms with E-state index in [0.717, 1.165) is 18.8 Å². The van der Waals surface area contributed by atoms with E-state index in [-0.39, 0.29) is 5.91 Å². The minimum absolute atomic E-state index is 0.282. The molecule has 0 atom stereocenters. The Labute approximate surface area is 108 Å². The van der Waals surface area contributed by atoms with E-state index < -0.39 is 11.4 Å². The van der Waals surface area contributed by atoms with Crippen LogP contribution in [0.15, 0.2) is 0 Å². The summed E-state index contributed by atoms with van der Waals surface area (Å²) in [5, 5.41) is 11.7. The van der Waals surface area contributed by atoms with Crippen molar-refractivity contribution in [3.8, 4) is 0 Å². The maximum Gasteiger partial charge on any atom is 0.319 e. The van der Waals surface area contributed by atoms with Gasteiger partial charge in [0.2, 0.25) is 5.91 Å². The molecule has 2 N–H and O–H groups in total. The molecule has 0 unspecified atom stereocenters. The van der Waals surface area contributed by atoms with Gasteiger partial charge in [-0.2, -0.15) is 0 Å². The summed E-state index contributed by atoms with van der Waals surface area (Å²) >= 11 is 0. The van der Waals surface area contributed by atoms with Gasteiger partial charge < -0.3 is 10.4 Å². The average molecular weight is 253 g/mol. The van der Waals surface area contributed by atoms with Gasteiger partial charge in [0.15, 0.2) is 0 Å². The van der Waals surface area contributed by atoms with Crippen LogP contribution in [0.3, 0.4) is 0 Å². The molecule has 0 spiro atoms. The van der Waals surface area contributed by atoms with Crippen LogP contribution in [0.5, 0.6) is 0 Å². The number of carbonyl (C=O) groups excluding carboxylic acids is 1. The van der Waals surface area contributed by atoms with E-state index in [2.05, 4.69) is 5.32 Å². The van der Waals surface area contributed by atoms with Gasteiger partial charge in [-0.3, -0.25) is 9.59 Å². The normalized spacial score (nSPS) is 21.8. The van der Waals surface area contributed by atoms with Crippen LogP contribution < -0.4 is 5.32 Å². The van der Waals surface area contributed by atoms with Gasteiger partial charge in [-0.25, -0.2) is 0 Å². The molecular formula is C14H23NO3. The molecule has 0 radical (unpaired) electrons. The number of amides is 1. The summed E-state index contributed by atoms with van der Waals surface area (Å²) in [5.74, 6) is -0.351. The Bertz CT molecular complexity index is 317. The first-order valence-electron chi connectivity index (χ1n) is 7.17. The lowest BCUT2D eigenvalue weighted by molar-refractivity contribution is -0.149. The van der Waals surface area contributed by atoms with Crippen LogP contribution in [-0.4, -0.2) is 23.5 Å². The highest BCUT2D eigenvalue weighted by Crippen LogP contribution is 2.46. The summed E-state index contributed by atoms with van der Waals surface area (Å²) in [7, 11) is 0. The Morgan fingerprint density at radius 2 is 1.83 bits per heavy atom.